The van der Waals surface area contributed by atoms with E-state index in [9.17, 15) is 18.0 Å². The number of carbonyl (C=O) groups is 2. The number of nitrogens with one attached hydrogen (secondary N) is 1. The highest BCUT2D eigenvalue weighted by Crippen LogP contribution is 2.19. The maximum Gasteiger partial charge on any atom is 0.354 e. The molecule has 1 N–H and O–H groups in total. The molecule has 0 spiro atoms. The van der Waals surface area contributed by atoms with Crippen LogP contribution in [-0.4, -0.2) is 49.4 Å². The van der Waals surface area contributed by atoms with Crippen molar-refractivity contribution in [1.29, 1.82) is 0 Å². The third kappa shape index (κ3) is 4.79. The molecule has 152 valence electrons. The molecule has 1 heterocycles. The molecular weight excluding hydrogens is 382 g/mol. The maximum atomic E-state index is 12.8. The van der Waals surface area contributed by atoms with Crippen LogP contribution in [0.15, 0.2) is 35.4 Å². The lowest BCUT2D eigenvalue weighted by atomic mass is 10.1. The molecule has 0 aliphatic rings. The molecule has 0 saturated carbocycles. The van der Waals surface area contributed by atoms with Gasteiger partial charge in [-0.2, -0.15) is 4.31 Å². The van der Waals surface area contributed by atoms with Gasteiger partial charge < -0.3 is 14.6 Å². The monoisotopic (exact) mass is 407 g/mol. The van der Waals surface area contributed by atoms with Crippen molar-refractivity contribution in [3.63, 3.8) is 0 Å². The molecule has 2 aromatic rings. The van der Waals surface area contributed by atoms with Crippen LogP contribution in [0.5, 0.6) is 0 Å². The lowest BCUT2D eigenvalue weighted by Gasteiger charge is -2.16. The van der Waals surface area contributed by atoms with Gasteiger partial charge in [-0.05, 0) is 44.0 Å². The Labute approximate surface area is 165 Å². The zero-order valence-corrected chi connectivity index (χ0v) is 17.5. The number of ether oxygens (including phenoxy) is 1. The minimum absolute atomic E-state index is 0.0833. The van der Waals surface area contributed by atoms with E-state index in [1.54, 1.807) is 14.0 Å². The van der Waals surface area contributed by atoms with E-state index in [0.29, 0.717) is 5.69 Å². The summed E-state index contributed by atoms with van der Waals surface area (Å²) in [4.78, 5) is 24.2. The molecule has 0 bridgehead atoms. The van der Waals surface area contributed by atoms with Crippen LogP contribution in [-0.2, 0) is 26.6 Å². The summed E-state index contributed by atoms with van der Waals surface area (Å²) in [7, 11) is -1.08. The van der Waals surface area contributed by atoms with Gasteiger partial charge in [0.25, 0.3) is 0 Å². The second kappa shape index (κ2) is 8.57. The summed E-state index contributed by atoms with van der Waals surface area (Å²) < 4.78 is 32.8. The number of carbonyl (C=O) groups excluding carboxylic acids is 2. The lowest BCUT2D eigenvalue weighted by molar-refractivity contribution is -0.116. The van der Waals surface area contributed by atoms with Crippen molar-refractivity contribution in [1.82, 2.24) is 8.87 Å². The third-order valence-electron chi connectivity index (χ3n) is 4.21. The van der Waals surface area contributed by atoms with Crippen molar-refractivity contribution in [2.24, 2.45) is 7.05 Å². The average molecular weight is 407 g/mol. The molecule has 0 radical (unpaired) electrons. The van der Waals surface area contributed by atoms with E-state index in [1.807, 2.05) is 32.0 Å². The Hall–Kier alpha value is -2.65. The molecule has 1 aromatic carbocycles. The molecule has 9 heteroatoms. The second-order valence-electron chi connectivity index (χ2n) is 6.52. The Bertz CT molecular complexity index is 995. The smallest absolute Gasteiger partial charge is 0.354 e. The number of aryl methyl sites for hydroxylation is 3. The number of hydrogen-bond acceptors (Lipinski definition) is 5. The van der Waals surface area contributed by atoms with Crippen molar-refractivity contribution < 1.29 is 22.7 Å². The Morgan fingerprint density at radius 1 is 1.21 bits per heavy atom. The van der Waals surface area contributed by atoms with Crippen LogP contribution >= 0.6 is 0 Å². The summed E-state index contributed by atoms with van der Waals surface area (Å²) >= 11 is 0. The third-order valence-corrected chi connectivity index (χ3v) is 5.97. The van der Waals surface area contributed by atoms with E-state index in [-0.39, 0.29) is 23.7 Å². The number of likely N-dealkylation sites (N-methyl/N-ethyl adjacent to an activating group) is 1. The summed E-state index contributed by atoms with van der Waals surface area (Å²) in [5, 5.41) is 2.73. The fraction of sp³-hybridized carbons (Fsp3) is 0.368. The molecule has 0 unspecified atom stereocenters. The van der Waals surface area contributed by atoms with Gasteiger partial charge in [-0.25, -0.2) is 13.2 Å². The number of benzene rings is 1. The minimum Gasteiger partial charge on any atom is -0.461 e. The first-order chi connectivity index (χ1) is 13.1. The molecule has 1 amide bonds. The number of aromatic nitrogens is 1. The SMILES string of the molecule is CCOC(=O)c1cc(S(=O)(=O)N(C)CC(=O)Nc2cc(C)ccc2C)cn1C. The number of esters is 1. The molecule has 0 fully saturated rings. The van der Waals surface area contributed by atoms with Crippen molar-refractivity contribution >= 4 is 27.6 Å². The molecular formula is C19H25N3O5S. The van der Waals surface area contributed by atoms with E-state index in [0.717, 1.165) is 15.4 Å². The molecule has 1 aromatic heterocycles. The van der Waals surface area contributed by atoms with Crippen molar-refractivity contribution in [3.8, 4) is 0 Å². The highest BCUT2D eigenvalue weighted by molar-refractivity contribution is 7.89. The van der Waals surface area contributed by atoms with Crippen LogP contribution in [0.4, 0.5) is 5.69 Å². The van der Waals surface area contributed by atoms with Crippen LogP contribution in [0.3, 0.4) is 0 Å². The van der Waals surface area contributed by atoms with Crippen LogP contribution in [0.25, 0.3) is 0 Å². The largest absolute Gasteiger partial charge is 0.461 e. The van der Waals surface area contributed by atoms with Gasteiger partial charge in [-0.15, -0.1) is 0 Å². The molecule has 0 aliphatic carbocycles. The first kappa shape index (κ1) is 21.6. The van der Waals surface area contributed by atoms with E-state index in [1.165, 1.54) is 23.9 Å². The zero-order valence-electron chi connectivity index (χ0n) is 16.6. The molecule has 0 aliphatic heterocycles. The quantitative estimate of drug-likeness (QED) is 0.709. The van der Waals surface area contributed by atoms with Crippen molar-refractivity contribution in [2.75, 3.05) is 25.5 Å². The summed E-state index contributed by atoms with van der Waals surface area (Å²) in [6.07, 6.45) is 1.32. The Balaban J connectivity index is 2.15. The second-order valence-corrected chi connectivity index (χ2v) is 8.56. The first-order valence-corrected chi connectivity index (χ1v) is 10.2. The normalized spacial score (nSPS) is 11.5. The number of anilines is 1. The number of rotatable bonds is 7. The van der Waals surface area contributed by atoms with Crippen LogP contribution in [0.1, 0.15) is 28.5 Å². The Morgan fingerprint density at radius 2 is 1.89 bits per heavy atom. The topological polar surface area (TPSA) is 97.7 Å². The molecule has 2 rings (SSSR count). The predicted molar refractivity (Wildman–Crippen MR) is 106 cm³/mol. The number of hydrogen-bond donors (Lipinski definition) is 1. The number of sulfonamides is 1. The highest BCUT2D eigenvalue weighted by atomic mass is 32.2. The van der Waals surface area contributed by atoms with Gasteiger partial charge in [0.05, 0.1) is 13.2 Å². The van der Waals surface area contributed by atoms with Crippen molar-refractivity contribution in [2.45, 2.75) is 25.7 Å². The standard InChI is InChI=1S/C19H25N3O5S/c1-6-27-19(24)17-10-15(11-21(17)4)28(25,26)22(5)12-18(23)20-16-9-13(2)7-8-14(16)3/h7-11H,6,12H2,1-5H3,(H,20,23). The summed E-state index contributed by atoms with van der Waals surface area (Å²) in [6, 6.07) is 6.88. The lowest BCUT2D eigenvalue weighted by Crippen LogP contribution is -2.35. The van der Waals surface area contributed by atoms with Gasteiger partial charge in [0.1, 0.15) is 10.6 Å². The Morgan fingerprint density at radius 3 is 2.54 bits per heavy atom. The van der Waals surface area contributed by atoms with Crippen LogP contribution in [0.2, 0.25) is 0 Å². The zero-order chi connectivity index (χ0) is 21.1. The number of amides is 1. The number of nitrogens with zero attached hydrogens (tertiary/aromatic N) is 2. The summed E-state index contributed by atoms with van der Waals surface area (Å²) in [5.41, 5.74) is 2.62. The van der Waals surface area contributed by atoms with E-state index in [4.69, 9.17) is 4.74 Å². The molecule has 28 heavy (non-hydrogen) atoms. The molecule has 0 atom stereocenters. The Kier molecular flexibility index (Phi) is 6.63. The summed E-state index contributed by atoms with van der Waals surface area (Å²) in [6.45, 7) is 5.25. The molecule has 0 saturated heterocycles. The van der Waals surface area contributed by atoms with Gasteiger partial charge in [0.15, 0.2) is 0 Å². The summed E-state index contributed by atoms with van der Waals surface area (Å²) in [5.74, 6) is -1.07. The predicted octanol–water partition coefficient (Wildman–Crippen LogP) is 2.08. The van der Waals surface area contributed by atoms with E-state index in [2.05, 4.69) is 5.32 Å². The first-order valence-electron chi connectivity index (χ1n) is 8.73. The van der Waals surface area contributed by atoms with Crippen LogP contribution in [0, 0.1) is 13.8 Å². The van der Waals surface area contributed by atoms with Gasteiger partial charge in [-0.1, -0.05) is 12.1 Å². The van der Waals surface area contributed by atoms with E-state index < -0.39 is 21.9 Å². The fourth-order valence-corrected chi connectivity index (χ4v) is 3.81. The van der Waals surface area contributed by atoms with E-state index >= 15 is 0 Å². The van der Waals surface area contributed by atoms with Crippen LogP contribution < -0.4 is 5.32 Å². The van der Waals surface area contributed by atoms with Crippen molar-refractivity contribution in [3.05, 3.63) is 47.3 Å². The van der Waals surface area contributed by atoms with Gasteiger partial charge in [-0.3, -0.25) is 4.79 Å². The fourth-order valence-electron chi connectivity index (χ4n) is 2.61. The van der Waals surface area contributed by atoms with Gasteiger partial charge in [0.2, 0.25) is 15.9 Å². The van der Waals surface area contributed by atoms with Gasteiger partial charge in [0, 0.05) is 26.0 Å². The molecule has 8 nitrogen and oxygen atoms in total. The minimum atomic E-state index is -3.95. The van der Waals surface area contributed by atoms with Gasteiger partial charge >= 0.3 is 5.97 Å². The maximum absolute atomic E-state index is 12.8. The highest BCUT2D eigenvalue weighted by Gasteiger charge is 2.26. The average Bonchev–Trinajstić information content (AvgIpc) is 3.01.